The van der Waals surface area contributed by atoms with Crippen LogP contribution in [0.25, 0.3) is 10.9 Å². The minimum atomic E-state index is -0.442. The number of non-ortho nitro benzene ring substituents is 1. The molecule has 116 valence electrons. The topological polar surface area (TPSA) is 79.2 Å². The van der Waals surface area contributed by atoms with E-state index in [0.29, 0.717) is 12.2 Å². The van der Waals surface area contributed by atoms with Crippen LogP contribution in [0.5, 0.6) is 0 Å². The number of benzene rings is 2. The fourth-order valence-electron chi connectivity index (χ4n) is 2.58. The molecule has 0 radical (unpaired) electrons. The smallest absolute Gasteiger partial charge is 0.272 e. The van der Waals surface area contributed by atoms with Crippen molar-refractivity contribution in [2.75, 3.05) is 11.4 Å². The Labute approximate surface area is 132 Å². The van der Waals surface area contributed by atoms with Crippen molar-refractivity contribution in [3.8, 4) is 0 Å². The van der Waals surface area contributed by atoms with Crippen LogP contribution in [-0.4, -0.2) is 16.5 Å². The Bertz CT molecular complexity index is 916. The molecular weight excluding hydrogens is 294 g/mol. The molecule has 3 aromatic rings. The standard InChI is InChI=1S/C17H15N3O3/c1-2-19(13-7-9-14(10-8-13)20(22)23)16-11-12-5-3-4-6-15(12)18-17(16)21/h3-11H,2H2,1H3,(H,18,21). The predicted octanol–water partition coefficient (Wildman–Crippen LogP) is 3.59. The molecule has 0 spiro atoms. The monoisotopic (exact) mass is 309 g/mol. The zero-order valence-corrected chi connectivity index (χ0v) is 12.5. The first-order valence-electron chi connectivity index (χ1n) is 7.24. The molecule has 0 aliphatic carbocycles. The van der Waals surface area contributed by atoms with Crippen molar-refractivity contribution < 1.29 is 4.92 Å². The highest BCUT2D eigenvalue weighted by Gasteiger charge is 2.14. The number of fused-ring (bicyclic) bond motifs is 1. The van der Waals surface area contributed by atoms with Gasteiger partial charge in [0, 0.05) is 35.3 Å². The summed E-state index contributed by atoms with van der Waals surface area (Å²) in [5.41, 5.74) is 1.86. The zero-order chi connectivity index (χ0) is 16.4. The van der Waals surface area contributed by atoms with Crippen LogP contribution in [-0.2, 0) is 0 Å². The highest BCUT2D eigenvalue weighted by molar-refractivity contribution is 5.83. The zero-order valence-electron chi connectivity index (χ0n) is 12.5. The molecule has 1 N–H and O–H groups in total. The number of nitrogens with zero attached hydrogens (tertiary/aromatic N) is 2. The predicted molar refractivity (Wildman–Crippen MR) is 90.3 cm³/mol. The van der Waals surface area contributed by atoms with Crippen molar-refractivity contribution in [3.05, 3.63) is 75.1 Å². The Hall–Kier alpha value is -3.15. The van der Waals surface area contributed by atoms with Gasteiger partial charge in [-0.15, -0.1) is 0 Å². The number of rotatable bonds is 4. The van der Waals surface area contributed by atoms with Gasteiger partial charge >= 0.3 is 0 Å². The van der Waals surface area contributed by atoms with Gasteiger partial charge < -0.3 is 9.88 Å². The van der Waals surface area contributed by atoms with E-state index >= 15 is 0 Å². The first-order valence-corrected chi connectivity index (χ1v) is 7.24. The van der Waals surface area contributed by atoms with Gasteiger partial charge in [0.15, 0.2) is 0 Å². The lowest BCUT2D eigenvalue weighted by atomic mass is 10.2. The normalized spacial score (nSPS) is 10.7. The number of hydrogen-bond donors (Lipinski definition) is 1. The van der Waals surface area contributed by atoms with E-state index in [1.807, 2.05) is 42.2 Å². The lowest BCUT2D eigenvalue weighted by Crippen LogP contribution is -2.24. The number of hydrogen-bond acceptors (Lipinski definition) is 4. The van der Waals surface area contributed by atoms with Crippen molar-refractivity contribution in [1.29, 1.82) is 0 Å². The van der Waals surface area contributed by atoms with Gasteiger partial charge in [0.05, 0.1) is 4.92 Å². The average molecular weight is 309 g/mol. The number of nitrogens with one attached hydrogen (secondary N) is 1. The van der Waals surface area contributed by atoms with Crippen LogP contribution >= 0.6 is 0 Å². The van der Waals surface area contributed by atoms with Gasteiger partial charge in [-0.25, -0.2) is 0 Å². The molecule has 0 unspecified atom stereocenters. The summed E-state index contributed by atoms with van der Waals surface area (Å²) in [5.74, 6) is 0. The molecule has 0 atom stereocenters. The molecule has 1 aromatic heterocycles. The highest BCUT2D eigenvalue weighted by atomic mass is 16.6. The van der Waals surface area contributed by atoms with E-state index in [-0.39, 0.29) is 11.2 Å². The van der Waals surface area contributed by atoms with Crippen molar-refractivity contribution in [3.63, 3.8) is 0 Å². The van der Waals surface area contributed by atoms with Gasteiger partial charge in [0.25, 0.3) is 11.2 Å². The number of aromatic amines is 1. The second kappa shape index (κ2) is 5.92. The van der Waals surface area contributed by atoms with E-state index in [0.717, 1.165) is 16.6 Å². The second-order valence-electron chi connectivity index (χ2n) is 5.09. The van der Waals surface area contributed by atoms with Crippen molar-refractivity contribution >= 4 is 28.0 Å². The molecule has 6 nitrogen and oxygen atoms in total. The molecular formula is C17H15N3O3. The maximum atomic E-state index is 12.4. The van der Waals surface area contributed by atoms with Gasteiger partial charge in [0.1, 0.15) is 5.69 Å². The van der Waals surface area contributed by atoms with Gasteiger partial charge in [-0.1, -0.05) is 18.2 Å². The average Bonchev–Trinajstić information content (AvgIpc) is 2.56. The third-order valence-electron chi connectivity index (χ3n) is 3.71. The fourth-order valence-corrected chi connectivity index (χ4v) is 2.58. The maximum Gasteiger partial charge on any atom is 0.272 e. The van der Waals surface area contributed by atoms with Gasteiger partial charge in [0.2, 0.25) is 0 Å². The molecule has 0 saturated heterocycles. The van der Waals surface area contributed by atoms with E-state index in [1.54, 1.807) is 12.1 Å². The Morgan fingerprint density at radius 1 is 1.13 bits per heavy atom. The summed E-state index contributed by atoms with van der Waals surface area (Å²) in [7, 11) is 0. The molecule has 0 saturated carbocycles. The molecule has 0 aliphatic rings. The molecule has 1 heterocycles. The quantitative estimate of drug-likeness (QED) is 0.590. The third-order valence-corrected chi connectivity index (χ3v) is 3.71. The van der Waals surface area contributed by atoms with E-state index < -0.39 is 4.92 Å². The van der Waals surface area contributed by atoms with Crippen LogP contribution in [0.3, 0.4) is 0 Å². The summed E-state index contributed by atoms with van der Waals surface area (Å²) in [4.78, 5) is 27.4. The first-order chi connectivity index (χ1) is 11.1. The van der Waals surface area contributed by atoms with Gasteiger partial charge in [-0.2, -0.15) is 0 Å². The second-order valence-corrected chi connectivity index (χ2v) is 5.09. The van der Waals surface area contributed by atoms with E-state index in [4.69, 9.17) is 0 Å². The van der Waals surface area contributed by atoms with E-state index in [2.05, 4.69) is 4.98 Å². The Kier molecular flexibility index (Phi) is 3.80. The van der Waals surface area contributed by atoms with Crippen LogP contribution in [0.4, 0.5) is 17.1 Å². The molecule has 0 amide bonds. The molecule has 2 aromatic carbocycles. The highest BCUT2D eigenvalue weighted by Crippen LogP contribution is 2.26. The minimum absolute atomic E-state index is 0.0252. The number of pyridine rings is 1. The Morgan fingerprint density at radius 3 is 2.48 bits per heavy atom. The maximum absolute atomic E-state index is 12.4. The SMILES string of the molecule is CCN(c1ccc([N+](=O)[O-])cc1)c1cc2ccccc2[nH]c1=O. The molecule has 0 aliphatic heterocycles. The van der Waals surface area contributed by atoms with Crippen LogP contribution in [0.15, 0.2) is 59.4 Å². The molecule has 3 rings (SSSR count). The summed E-state index contributed by atoms with van der Waals surface area (Å²) in [5, 5.41) is 11.7. The van der Waals surface area contributed by atoms with E-state index in [9.17, 15) is 14.9 Å². The molecule has 0 bridgehead atoms. The van der Waals surface area contributed by atoms with Crippen molar-refractivity contribution in [2.24, 2.45) is 0 Å². The molecule has 6 heteroatoms. The molecule has 23 heavy (non-hydrogen) atoms. The van der Waals surface area contributed by atoms with Crippen molar-refractivity contribution in [1.82, 2.24) is 4.98 Å². The minimum Gasteiger partial charge on any atom is -0.337 e. The summed E-state index contributed by atoms with van der Waals surface area (Å²) in [6.07, 6.45) is 0. The summed E-state index contributed by atoms with van der Waals surface area (Å²) >= 11 is 0. The van der Waals surface area contributed by atoms with Crippen molar-refractivity contribution in [2.45, 2.75) is 6.92 Å². The van der Waals surface area contributed by atoms with Crippen LogP contribution in [0.1, 0.15) is 6.92 Å². The largest absolute Gasteiger partial charge is 0.337 e. The van der Waals surface area contributed by atoms with Crippen LogP contribution < -0.4 is 10.5 Å². The third kappa shape index (κ3) is 2.78. The van der Waals surface area contributed by atoms with Gasteiger partial charge in [-0.3, -0.25) is 14.9 Å². The molecule has 0 fully saturated rings. The number of para-hydroxylation sites is 1. The lowest BCUT2D eigenvalue weighted by Gasteiger charge is -2.22. The number of nitro benzene ring substituents is 1. The van der Waals surface area contributed by atoms with Gasteiger partial charge in [-0.05, 0) is 31.2 Å². The Balaban J connectivity index is 2.08. The number of aromatic nitrogens is 1. The Morgan fingerprint density at radius 2 is 1.83 bits per heavy atom. The van der Waals surface area contributed by atoms with Crippen LogP contribution in [0.2, 0.25) is 0 Å². The van der Waals surface area contributed by atoms with E-state index in [1.165, 1.54) is 12.1 Å². The summed E-state index contributed by atoms with van der Waals surface area (Å²) in [6, 6.07) is 15.6. The summed E-state index contributed by atoms with van der Waals surface area (Å²) < 4.78 is 0. The van der Waals surface area contributed by atoms with Crippen LogP contribution in [0, 0.1) is 10.1 Å². The lowest BCUT2D eigenvalue weighted by molar-refractivity contribution is -0.384. The summed E-state index contributed by atoms with van der Waals surface area (Å²) in [6.45, 7) is 2.50. The number of nitro groups is 1. The fraction of sp³-hybridized carbons (Fsp3) is 0.118. The first kappa shape index (κ1) is 14.8. The number of anilines is 2. The number of H-pyrrole nitrogens is 1.